The van der Waals surface area contributed by atoms with Gasteiger partial charge in [-0.15, -0.1) is 0 Å². The summed E-state index contributed by atoms with van der Waals surface area (Å²) in [6.07, 6.45) is 1.96. The molecule has 1 aromatic heterocycles. The van der Waals surface area contributed by atoms with Crippen LogP contribution in [0, 0.1) is 0 Å². The molecule has 6 nitrogen and oxygen atoms in total. The molecule has 0 atom stereocenters. The Labute approximate surface area is 108 Å². The van der Waals surface area contributed by atoms with Gasteiger partial charge in [0.25, 0.3) is 0 Å². The largest absolute Gasteiger partial charge is 0.382 e. The highest BCUT2D eigenvalue weighted by Gasteiger charge is 1.97. The van der Waals surface area contributed by atoms with E-state index in [0.717, 1.165) is 18.8 Å². The molecular formula is C12H23N3O3. The molecule has 0 spiro atoms. The molecule has 0 aromatic carbocycles. The fourth-order valence-corrected chi connectivity index (χ4v) is 1.43. The second-order valence-electron chi connectivity index (χ2n) is 3.82. The van der Waals surface area contributed by atoms with Crippen molar-refractivity contribution >= 4 is 0 Å². The van der Waals surface area contributed by atoms with Crippen LogP contribution in [0.5, 0.6) is 0 Å². The maximum atomic E-state index is 5.44. The first-order valence-corrected chi connectivity index (χ1v) is 6.18. The van der Waals surface area contributed by atoms with E-state index in [-0.39, 0.29) is 0 Å². The predicted octanol–water partition coefficient (Wildman–Crippen LogP) is 0.282. The van der Waals surface area contributed by atoms with Gasteiger partial charge in [-0.25, -0.2) is 0 Å². The summed E-state index contributed by atoms with van der Waals surface area (Å²) in [6, 6.07) is 2.00. The molecule has 0 saturated carbocycles. The average Bonchev–Trinajstić information content (AvgIpc) is 2.81. The molecule has 0 saturated heterocycles. The van der Waals surface area contributed by atoms with Crippen molar-refractivity contribution in [3.8, 4) is 0 Å². The highest BCUT2D eigenvalue weighted by atomic mass is 16.5. The van der Waals surface area contributed by atoms with Crippen molar-refractivity contribution in [2.45, 2.75) is 13.1 Å². The van der Waals surface area contributed by atoms with E-state index in [0.29, 0.717) is 33.0 Å². The second-order valence-corrected chi connectivity index (χ2v) is 3.82. The molecule has 1 N–H and O–H groups in total. The number of methoxy groups -OCH3 is 1. The summed E-state index contributed by atoms with van der Waals surface area (Å²) in [5.41, 5.74) is 1.04. The third-order valence-electron chi connectivity index (χ3n) is 2.32. The summed E-state index contributed by atoms with van der Waals surface area (Å²) in [5.74, 6) is 0. The summed E-state index contributed by atoms with van der Waals surface area (Å²) in [5, 5.41) is 7.45. The number of hydrogen-bond acceptors (Lipinski definition) is 5. The van der Waals surface area contributed by atoms with Crippen molar-refractivity contribution in [3.05, 3.63) is 18.0 Å². The quantitative estimate of drug-likeness (QED) is 0.577. The zero-order chi connectivity index (χ0) is 13.1. The van der Waals surface area contributed by atoms with E-state index in [2.05, 4.69) is 10.4 Å². The molecule has 0 bridgehead atoms. The van der Waals surface area contributed by atoms with Crippen molar-refractivity contribution in [1.82, 2.24) is 15.1 Å². The molecule has 0 aliphatic carbocycles. The third kappa shape index (κ3) is 6.70. The molecule has 0 unspecified atom stereocenters. The number of aromatic nitrogens is 2. The Bertz CT molecular complexity index is 305. The lowest BCUT2D eigenvalue weighted by Crippen LogP contribution is -2.12. The number of ether oxygens (including phenoxy) is 3. The van der Waals surface area contributed by atoms with Crippen LogP contribution >= 0.6 is 0 Å². The van der Waals surface area contributed by atoms with Crippen molar-refractivity contribution in [2.24, 2.45) is 0 Å². The fourth-order valence-electron chi connectivity index (χ4n) is 1.43. The van der Waals surface area contributed by atoms with Gasteiger partial charge in [0, 0.05) is 19.9 Å². The van der Waals surface area contributed by atoms with E-state index < -0.39 is 0 Å². The lowest BCUT2D eigenvalue weighted by molar-refractivity contribution is 0.0225. The van der Waals surface area contributed by atoms with Gasteiger partial charge in [0.15, 0.2) is 0 Å². The number of hydrogen-bond donors (Lipinski definition) is 1. The zero-order valence-corrected chi connectivity index (χ0v) is 11.2. The Hall–Kier alpha value is -0.950. The van der Waals surface area contributed by atoms with Gasteiger partial charge < -0.3 is 19.5 Å². The monoisotopic (exact) mass is 257 g/mol. The van der Waals surface area contributed by atoms with Crippen molar-refractivity contribution in [1.29, 1.82) is 0 Å². The summed E-state index contributed by atoms with van der Waals surface area (Å²) < 4.78 is 17.5. The van der Waals surface area contributed by atoms with Crippen LogP contribution in [0.2, 0.25) is 0 Å². The Morgan fingerprint density at radius 1 is 1.17 bits per heavy atom. The molecule has 0 aliphatic rings. The van der Waals surface area contributed by atoms with Crippen LogP contribution in [0.1, 0.15) is 5.69 Å². The standard InChI is InChI=1S/C12H23N3O3/c1-13-11-12-3-4-15(14-12)5-6-17-9-10-18-8-7-16-2/h3-4,13H,5-11H2,1-2H3. The maximum absolute atomic E-state index is 5.44. The van der Waals surface area contributed by atoms with Gasteiger partial charge in [0.1, 0.15) is 0 Å². The Morgan fingerprint density at radius 3 is 2.61 bits per heavy atom. The first kappa shape index (κ1) is 15.1. The second kappa shape index (κ2) is 10.0. The van der Waals surface area contributed by atoms with Gasteiger partial charge in [-0.3, -0.25) is 4.68 Å². The fraction of sp³-hybridized carbons (Fsp3) is 0.750. The van der Waals surface area contributed by atoms with Crippen LogP contribution in [0.4, 0.5) is 0 Å². The van der Waals surface area contributed by atoms with Gasteiger partial charge >= 0.3 is 0 Å². The number of nitrogens with one attached hydrogen (secondary N) is 1. The summed E-state index contributed by atoms with van der Waals surface area (Å²) in [6.45, 7) is 4.66. The lowest BCUT2D eigenvalue weighted by Gasteiger charge is -2.05. The van der Waals surface area contributed by atoms with Crippen LogP contribution in [-0.2, 0) is 27.3 Å². The predicted molar refractivity (Wildman–Crippen MR) is 68.5 cm³/mol. The number of rotatable bonds is 11. The van der Waals surface area contributed by atoms with Crippen LogP contribution in [0.3, 0.4) is 0 Å². The van der Waals surface area contributed by atoms with Gasteiger partial charge in [0.2, 0.25) is 0 Å². The van der Waals surface area contributed by atoms with Crippen molar-refractivity contribution < 1.29 is 14.2 Å². The molecule has 18 heavy (non-hydrogen) atoms. The zero-order valence-electron chi connectivity index (χ0n) is 11.2. The number of nitrogens with zero attached hydrogens (tertiary/aromatic N) is 2. The van der Waals surface area contributed by atoms with E-state index in [4.69, 9.17) is 14.2 Å². The molecule has 0 radical (unpaired) electrons. The van der Waals surface area contributed by atoms with Gasteiger partial charge in [-0.2, -0.15) is 5.10 Å². The summed E-state index contributed by atoms with van der Waals surface area (Å²) in [7, 11) is 3.57. The molecule has 1 aromatic rings. The minimum absolute atomic E-state index is 0.605. The molecular weight excluding hydrogens is 234 g/mol. The Kier molecular flexibility index (Phi) is 8.41. The van der Waals surface area contributed by atoms with Gasteiger partial charge in [0.05, 0.1) is 45.3 Å². The topological polar surface area (TPSA) is 57.5 Å². The van der Waals surface area contributed by atoms with E-state index in [9.17, 15) is 0 Å². The molecule has 0 amide bonds. The first-order valence-electron chi connectivity index (χ1n) is 6.18. The Morgan fingerprint density at radius 2 is 1.89 bits per heavy atom. The van der Waals surface area contributed by atoms with Gasteiger partial charge in [-0.05, 0) is 13.1 Å². The first-order chi connectivity index (χ1) is 8.86. The lowest BCUT2D eigenvalue weighted by atomic mass is 10.4. The third-order valence-corrected chi connectivity index (χ3v) is 2.32. The van der Waals surface area contributed by atoms with Crippen molar-refractivity contribution in [2.75, 3.05) is 47.2 Å². The maximum Gasteiger partial charge on any atom is 0.0762 e. The molecule has 1 rings (SSSR count). The van der Waals surface area contributed by atoms with E-state index in [1.165, 1.54) is 0 Å². The van der Waals surface area contributed by atoms with Crippen molar-refractivity contribution in [3.63, 3.8) is 0 Å². The highest BCUT2D eigenvalue weighted by molar-refractivity contribution is 4.97. The smallest absolute Gasteiger partial charge is 0.0762 e. The van der Waals surface area contributed by atoms with Crippen LogP contribution < -0.4 is 5.32 Å². The molecule has 1 heterocycles. The summed E-state index contributed by atoms with van der Waals surface area (Å²) in [4.78, 5) is 0. The van der Waals surface area contributed by atoms with Crippen LogP contribution in [-0.4, -0.2) is 57.0 Å². The van der Waals surface area contributed by atoms with Crippen LogP contribution in [0.15, 0.2) is 12.3 Å². The SMILES string of the molecule is CNCc1ccn(CCOCCOCCOC)n1. The molecule has 6 heteroatoms. The molecule has 104 valence electrons. The van der Waals surface area contributed by atoms with E-state index in [1.807, 2.05) is 24.0 Å². The normalized spacial score (nSPS) is 11.0. The average molecular weight is 257 g/mol. The Balaban J connectivity index is 1.96. The summed E-state index contributed by atoms with van der Waals surface area (Å²) >= 11 is 0. The van der Waals surface area contributed by atoms with Crippen LogP contribution in [0.25, 0.3) is 0 Å². The minimum Gasteiger partial charge on any atom is -0.382 e. The van der Waals surface area contributed by atoms with E-state index in [1.54, 1.807) is 7.11 Å². The minimum atomic E-state index is 0.605. The van der Waals surface area contributed by atoms with Gasteiger partial charge in [-0.1, -0.05) is 0 Å². The molecule has 0 aliphatic heterocycles. The van der Waals surface area contributed by atoms with E-state index >= 15 is 0 Å². The molecule has 0 fully saturated rings. The highest BCUT2D eigenvalue weighted by Crippen LogP contribution is 1.95.